The van der Waals surface area contributed by atoms with Crippen LogP contribution in [0.4, 0.5) is 4.79 Å². The molecule has 108 valence electrons. The molecule has 2 fully saturated rings. The van der Waals surface area contributed by atoms with Crippen molar-refractivity contribution < 1.29 is 19.8 Å². The molecule has 4 atom stereocenters. The number of amides is 2. The molecule has 19 heavy (non-hydrogen) atoms. The van der Waals surface area contributed by atoms with Crippen molar-refractivity contribution in [1.29, 1.82) is 0 Å². The monoisotopic (exact) mass is 270 g/mol. The Hall–Kier alpha value is -1.30. The van der Waals surface area contributed by atoms with E-state index in [2.05, 4.69) is 12.2 Å². The Labute approximate surface area is 112 Å². The first kappa shape index (κ1) is 14.1. The van der Waals surface area contributed by atoms with Gasteiger partial charge in [0.05, 0.1) is 6.10 Å². The smallest absolute Gasteiger partial charge is 0.326 e. The van der Waals surface area contributed by atoms with Gasteiger partial charge in [-0.05, 0) is 18.3 Å². The number of hydrogen-bond acceptors (Lipinski definition) is 3. The molecule has 4 unspecified atom stereocenters. The van der Waals surface area contributed by atoms with E-state index in [0.717, 1.165) is 6.42 Å². The van der Waals surface area contributed by atoms with Gasteiger partial charge >= 0.3 is 12.0 Å². The summed E-state index contributed by atoms with van der Waals surface area (Å²) >= 11 is 0. The summed E-state index contributed by atoms with van der Waals surface area (Å²) in [6.07, 6.45) is 2.88. The fourth-order valence-electron chi connectivity index (χ4n) is 3.12. The minimum atomic E-state index is -1.05. The van der Waals surface area contributed by atoms with Crippen LogP contribution in [0.2, 0.25) is 0 Å². The number of nitrogens with one attached hydrogen (secondary N) is 1. The van der Waals surface area contributed by atoms with Crippen LogP contribution in [-0.2, 0) is 4.79 Å². The number of aliphatic carboxylic acids is 1. The lowest BCUT2D eigenvalue weighted by Gasteiger charge is -2.23. The second kappa shape index (κ2) is 5.77. The van der Waals surface area contributed by atoms with Crippen LogP contribution in [0.5, 0.6) is 0 Å². The van der Waals surface area contributed by atoms with Crippen LogP contribution in [0.25, 0.3) is 0 Å². The van der Waals surface area contributed by atoms with Crippen LogP contribution in [0.3, 0.4) is 0 Å². The molecule has 0 aromatic rings. The van der Waals surface area contributed by atoms with E-state index in [9.17, 15) is 14.7 Å². The third-order valence-corrected chi connectivity index (χ3v) is 4.38. The molecule has 0 radical (unpaired) electrons. The summed E-state index contributed by atoms with van der Waals surface area (Å²) < 4.78 is 0. The van der Waals surface area contributed by atoms with E-state index in [1.54, 1.807) is 0 Å². The van der Waals surface area contributed by atoms with Crippen molar-refractivity contribution in [3.05, 3.63) is 0 Å². The molecule has 2 amide bonds. The van der Waals surface area contributed by atoms with Crippen molar-refractivity contribution in [1.82, 2.24) is 10.2 Å². The molecule has 0 aromatic heterocycles. The topological polar surface area (TPSA) is 89.9 Å². The molecule has 3 N–H and O–H groups in total. The lowest BCUT2D eigenvalue weighted by molar-refractivity contribution is -0.141. The highest BCUT2D eigenvalue weighted by Gasteiger charge is 2.39. The fourth-order valence-corrected chi connectivity index (χ4v) is 3.12. The number of likely N-dealkylation sites (tertiary alicyclic amines) is 1. The maximum Gasteiger partial charge on any atom is 0.326 e. The zero-order valence-electron chi connectivity index (χ0n) is 11.2. The van der Waals surface area contributed by atoms with Crippen molar-refractivity contribution in [2.24, 2.45) is 11.8 Å². The van der Waals surface area contributed by atoms with E-state index < -0.39 is 18.1 Å². The molecular formula is C13H22N2O4. The molecule has 1 saturated carbocycles. The van der Waals surface area contributed by atoms with E-state index in [4.69, 9.17) is 5.11 Å². The third-order valence-electron chi connectivity index (χ3n) is 4.38. The van der Waals surface area contributed by atoms with Crippen LogP contribution in [0.15, 0.2) is 0 Å². The van der Waals surface area contributed by atoms with Crippen molar-refractivity contribution in [2.45, 2.75) is 44.8 Å². The number of urea groups is 1. The number of aliphatic hydroxyl groups is 1. The predicted molar refractivity (Wildman–Crippen MR) is 68.7 cm³/mol. The van der Waals surface area contributed by atoms with Crippen LogP contribution in [0.1, 0.15) is 32.6 Å². The van der Waals surface area contributed by atoms with E-state index in [0.29, 0.717) is 18.4 Å². The van der Waals surface area contributed by atoms with Gasteiger partial charge in [0.1, 0.15) is 6.04 Å². The molecule has 2 rings (SSSR count). The van der Waals surface area contributed by atoms with Crippen molar-refractivity contribution in [2.75, 3.05) is 13.1 Å². The molecular weight excluding hydrogens is 248 g/mol. The Morgan fingerprint density at radius 1 is 1.37 bits per heavy atom. The zero-order valence-corrected chi connectivity index (χ0v) is 11.2. The molecule has 1 heterocycles. The number of carboxylic acid groups (broad SMARTS) is 1. The lowest BCUT2D eigenvalue weighted by Crippen LogP contribution is -2.47. The Morgan fingerprint density at radius 3 is 2.68 bits per heavy atom. The zero-order chi connectivity index (χ0) is 14.0. The minimum Gasteiger partial charge on any atom is -0.480 e. The summed E-state index contributed by atoms with van der Waals surface area (Å²) in [7, 11) is 0. The first-order valence-corrected chi connectivity index (χ1v) is 6.94. The number of carboxylic acids is 1. The van der Waals surface area contributed by atoms with Crippen LogP contribution >= 0.6 is 0 Å². The number of rotatable bonds is 3. The van der Waals surface area contributed by atoms with Gasteiger partial charge in [-0.3, -0.25) is 0 Å². The third kappa shape index (κ3) is 3.18. The second-order valence-electron chi connectivity index (χ2n) is 5.75. The molecule has 6 heteroatoms. The Balaban J connectivity index is 1.86. The summed E-state index contributed by atoms with van der Waals surface area (Å²) in [6.45, 7) is 2.88. The Morgan fingerprint density at radius 2 is 2.11 bits per heavy atom. The standard InChI is InChI=1S/C13H22N2O4/c1-8-3-2-4-9(8)6-14-13(19)15-7-10(16)5-11(15)12(17)18/h8-11,16H,2-7H2,1H3,(H,14,19)(H,17,18). The van der Waals surface area contributed by atoms with E-state index in [1.807, 2.05) is 0 Å². The number of hydrogen-bond donors (Lipinski definition) is 3. The van der Waals surface area contributed by atoms with Gasteiger partial charge in [0.2, 0.25) is 0 Å². The number of aliphatic hydroxyl groups excluding tert-OH is 1. The molecule has 0 aromatic carbocycles. The Kier molecular flexibility index (Phi) is 4.29. The first-order chi connectivity index (χ1) is 8.99. The number of carbonyl (C=O) groups is 2. The van der Waals surface area contributed by atoms with Gasteiger partial charge in [0.15, 0.2) is 0 Å². The van der Waals surface area contributed by atoms with E-state index in [1.165, 1.54) is 17.7 Å². The van der Waals surface area contributed by atoms with Gasteiger partial charge < -0.3 is 20.4 Å². The molecule has 0 bridgehead atoms. The summed E-state index contributed by atoms with van der Waals surface area (Å²) in [5, 5.41) is 21.4. The molecule has 1 aliphatic carbocycles. The normalized spacial score (nSPS) is 34.5. The first-order valence-electron chi connectivity index (χ1n) is 6.94. The minimum absolute atomic E-state index is 0.100. The van der Waals surface area contributed by atoms with Gasteiger partial charge in [-0.2, -0.15) is 0 Å². The quantitative estimate of drug-likeness (QED) is 0.702. The highest BCUT2D eigenvalue weighted by molar-refractivity contribution is 5.83. The second-order valence-corrected chi connectivity index (χ2v) is 5.75. The summed E-state index contributed by atoms with van der Waals surface area (Å²) in [6, 6.07) is -1.28. The van der Waals surface area contributed by atoms with Crippen LogP contribution in [-0.4, -0.2) is 52.3 Å². The fraction of sp³-hybridized carbons (Fsp3) is 0.846. The summed E-state index contributed by atoms with van der Waals surface area (Å²) in [4.78, 5) is 24.3. The maximum atomic E-state index is 12.0. The SMILES string of the molecule is CC1CCCC1CNC(=O)N1CC(O)CC1C(=O)O. The van der Waals surface area contributed by atoms with Gasteiger partial charge in [-0.15, -0.1) is 0 Å². The highest BCUT2D eigenvalue weighted by atomic mass is 16.4. The van der Waals surface area contributed by atoms with Crippen LogP contribution < -0.4 is 5.32 Å². The largest absolute Gasteiger partial charge is 0.480 e. The number of carbonyl (C=O) groups excluding carboxylic acids is 1. The van der Waals surface area contributed by atoms with Gasteiger partial charge in [-0.25, -0.2) is 9.59 Å². The van der Waals surface area contributed by atoms with Crippen LogP contribution in [0, 0.1) is 11.8 Å². The molecule has 2 aliphatic rings. The predicted octanol–water partition coefficient (Wildman–Crippen LogP) is 0.652. The van der Waals surface area contributed by atoms with Crippen molar-refractivity contribution >= 4 is 12.0 Å². The van der Waals surface area contributed by atoms with Gasteiger partial charge in [0, 0.05) is 19.5 Å². The van der Waals surface area contributed by atoms with Crippen molar-refractivity contribution in [3.63, 3.8) is 0 Å². The highest BCUT2D eigenvalue weighted by Crippen LogP contribution is 2.30. The number of β-amino-alcohol motifs (C(OH)–C–C–N with tert-alkyl or cyclic N) is 1. The summed E-state index contributed by atoms with van der Waals surface area (Å²) in [5.41, 5.74) is 0. The van der Waals surface area contributed by atoms with Crippen molar-refractivity contribution in [3.8, 4) is 0 Å². The summed E-state index contributed by atoms with van der Waals surface area (Å²) in [5.74, 6) is 0.0421. The Bertz CT molecular complexity index is 361. The van der Waals surface area contributed by atoms with E-state index in [-0.39, 0.29) is 19.0 Å². The molecule has 0 spiro atoms. The lowest BCUT2D eigenvalue weighted by atomic mass is 9.98. The maximum absolute atomic E-state index is 12.0. The molecule has 6 nitrogen and oxygen atoms in total. The molecule has 1 aliphatic heterocycles. The average molecular weight is 270 g/mol. The van der Waals surface area contributed by atoms with E-state index >= 15 is 0 Å². The molecule has 1 saturated heterocycles. The number of nitrogens with zero attached hydrogens (tertiary/aromatic N) is 1. The average Bonchev–Trinajstić information content (AvgIpc) is 2.92. The van der Waals surface area contributed by atoms with Gasteiger partial charge in [0.25, 0.3) is 0 Å². The van der Waals surface area contributed by atoms with Gasteiger partial charge in [-0.1, -0.05) is 19.8 Å².